The highest BCUT2D eigenvalue weighted by Crippen LogP contribution is 2.27. The number of thioether (sulfide) groups is 1. The number of piperazine rings is 1. The van der Waals surface area contributed by atoms with Gasteiger partial charge in [-0.2, -0.15) is 8.78 Å². The molecule has 1 aliphatic rings. The van der Waals surface area contributed by atoms with E-state index in [0.717, 1.165) is 0 Å². The van der Waals surface area contributed by atoms with Crippen molar-refractivity contribution in [2.24, 2.45) is 0 Å². The van der Waals surface area contributed by atoms with Crippen LogP contribution in [0.3, 0.4) is 0 Å². The average Bonchev–Trinajstić information content (AvgIpc) is 2.38. The monoisotopic (exact) mass is 323 g/mol. The standard InChI is InChI=1S/C12H15F2N3OS.ClH/c1-8-7-17(6-5-15-8)11(18)9-3-2-4-16-10(9)19-12(13)14;/h2-4,8,12,15H,5-7H2,1H3;1H/t8-;/m1./s1. The maximum atomic E-state index is 12.5. The molecule has 0 bridgehead atoms. The van der Waals surface area contributed by atoms with Crippen LogP contribution in [0.1, 0.15) is 17.3 Å². The van der Waals surface area contributed by atoms with Gasteiger partial charge >= 0.3 is 0 Å². The first-order chi connectivity index (χ1) is 9.08. The number of nitrogens with one attached hydrogen (secondary N) is 1. The Labute approximate surface area is 126 Å². The Bertz CT molecular complexity index is 464. The minimum Gasteiger partial charge on any atom is -0.336 e. The molecule has 1 aromatic rings. The number of amides is 1. The lowest BCUT2D eigenvalue weighted by Crippen LogP contribution is -2.51. The van der Waals surface area contributed by atoms with Crippen LogP contribution >= 0.6 is 24.2 Å². The number of alkyl halides is 2. The molecule has 0 spiro atoms. The van der Waals surface area contributed by atoms with Crippen molar-refractivity contribution in [1.29, 1.82) is 0 Å². The lowest BCUT2D eigenvalue weighted by molar-refractivity contribution is 0.0704. The second kappa shape index (κ2) is 7.75. The Balaban J connectivity index is 0.00000200. The number of carbonyl (C=O) groups is 1. The Morgan fingerprint density at radius 3 is 3.00 bits per heavy atom. The maximum absolute atomic E-state index is 12.5. The van der Waals surface area contributed by atoms with Gasteiger partial charge in [-0.1, -0.05) is 0 Å². The quantitative estimate of drug-likeness (QED) is 0.867. The largest absolute Gasteiger partial charge is 0.336 e. The van der Waals surface area contributed by atoms with Crippen molar-refractivity contribution < 1.29 is 13.6 Å². The maximum Gasteiger partial charge on any atom is 0.290 e. The van der Waals surface area contributed by atoms with E-state index in [2.05, 4.69) is 10.3 Å². The molecule has 1 aliphatic heterocycles. The summed E-state index contributed by atoms with van der Waals surface area (Å²) in [6, 6.07) is 3.35. The van der Waals surface area contributed by atoms with Crippen LogP contribution in [0.4, 0.5) is 8.78 Å². The smallest absolute Gasteiger partial charge is 0.290 e. The highest BCUT2D eigenvalue weighted by Gasteiger charge is 2.24. The lowest BCUT2D eigenvalue weighted by atomic mass is 10.2. The zero-order valence-electron chi connectivity index (χ0n) is 10.9. The van der Waals surface area contributed by atoms with Crippen LogP contribution in [0.15, 0.2) is 23.4 Å². The third-order valence-electron chi connectivity index (χ3n) is 2.86. The molecule has 2 heterocycles. The van der Waals surface area contributed by atoms with Gasteiger partial charge in [0, 0.05) is 31.9 Å². The molecule has 1 atom stereocenters. The third kappa shape index (κ3) is 4.29. The van der Waals surface area contributed by atoms with Crippen LogP contribution in [-0.4, -0.2) is 47.2 Å². The van der Waals surface area contributed by atoms with E-state index >= 15 is 0 Å². The van der Waals surface area contributed by atoms with Gasteiger partial charge in [0.15, 0.2) is 0 Å². The molecule has 0 unspecified atom stereocenters. The number of rotatable bonds is 3. The first-order valence-corrected chi connectivity index (χ1v) is 6.88. The van der Waals surface area contributed by atoms with Crippen molar-refractivity contribution in [2.45, 2.75) is 23.7 Å². The normalized spacial score (nSPS) is 18.8. The number of halogens is 3. The van der Waals surface area contributed by atoms with Gasteiger partial charge in [0.1, 0.15) is 5.03 Å². The number of carbonyl (C=O) groups excluding carboxylic acids is 1. The zero-order valence-corrected chi connectivity index (χ0v) is 12.5. The predicted molar refractivity (Wildman–Crippen MR) is 76.7 cm³/mol. The van der Waals surface area contributed by atoms with Gasteiger partial charge in [-0.3, -0.25) is 4.79 Å². The average molecular weight is 324 g/mol. The molecule has 1 amide bonds. The molecule has 112 valence electrons. The topological polar surface area (TPSA) is 45.2 Å². The summed E-state index contributed by atoms with van der Waals surface area (Å²) < 4.78 is 24.9. The van der Waals surface area contributed by atoms with E-state index < -0.39 is 5.76 Å². The van der Waals surface area contributed by atoms with Crippen LogP contribution in [0.25, 0.3) is 0 Å². The first-order valence-electron chi connectivity index (χ1n) is 6.00. The summed E-state index contributed by atoms with van der Waals surface area (Å²) in [6.07, 6.45) is 1.42. The molecule has 0 radical (unpaired) electrons. The van der Waals surface area contributed by atoms with Crippen molar-refractivity contribution in [3.05, 3.63) is 23.9 Å². The number of hydrogen-bond donors (Lipinski definition) is 1. The highest BCUT2D eigenvalue weighted by molar-refractivity contribution is 7.99. The minimum atomic E-state index is -2.58. The molecule has 8 heteroatoms. The number of hydrogen-bond acceptors (Lipinski definition) is 4. The molecule has 4 nitrogen and oxygen atoms in total. The van der Waals surface area contributed by atoms with Crippen molar-refractivity contribution in [3.8, 4) is 0 Å². The van der Waals surface area contributed by atoms with Crippen LogP contribution in [0.5, 0.6) is 0 Å². The fourth-order valence-corrected chi connectivity index (χ4v) is 2.59. The van der Waals surface area contributed by atoms with Gasteiger partial charge in [-0.25, -0.2) is 4.98 Å². The summed E-state index contributed by atoms with van der Waals surface area (Å²) in [5, 5.41) is 3.32. The van der Waals surface area contributed by atoms with Gasteiger partial charge < -0.3 is 10.2 Å². The summed E-state index contributed by atoms with van der Waals surface area (Å²) in [5.41, 5.74) is 0.252. The summed E-state index contributed by atoms with van der Waals surface area (Å²) in [4.78, 5) is 17.9. The number of nitrogens with zero attached hydrogens (tertiary/aromatic N) is 2. The second-order valence-corrected chi connectivity index (χ2v) is 5.32. The Morgan fingerprint density at radius 1 is 1.60 bits per heavy atom. The first kappa shape index (κ1) is 17.1. The Morgan fingerprint density at radius 2 is 2.35 bits per heavy atom. The SMILES string of the molecule is C[C@@H]1CN(C(=O)c2cccnc2SC(F)F)CCN1.Cl. The van der Waals surface area contributed by atoms with Crippen molar-refractivity contribution >= 4 is 30.1 Å². The predicted octanol–water partition coefficient (Wildman–Crippen LogP) is 2.25. The molecule has 2 rings (SSSR count). The molecule has 1 saturated heterocycles. The summed E-state index contributed by atoms with van der Waals surface area (Å²) in [5.74, 6) is -2.81. The van der Waals surface area contributed by atoms with E-state index in [-0.39, 0.29) is 34.9 Å². The minimum absolute atomic E-state index is 0. The van der Waals surface area contributed by atoms with Crippen LogP contribution in [0.2, 0.25) is 0 Å². The lowest BCUT2D eigenvalue weighted by Gasteiger charge is -2.32. The molecule has 1 N–H and O–H groups in total. The van der Waals surface area contributed by atoms with Gasteiger partial charge in [0.25, 0.3) is 11.7 Å². The third-order valence-corrected chi connectivity index (χ3v) is 3.59. The van der Waals surface area contributed by atoms with Gasteiger partial charge in [-0.15, -0.1) is 12.4 Å². The van der Waals surface area contributed by atoms with Crippen LogP contribution in [0, 0.1) is 0 Å². The number of aromatic nitrogens is 1. The van der Waals surface area contributed by atoms with Gasteiger partial charge in [-0.05, 0) is 30.8 Å². The fourth-order valence-electron chi connectivity index (χ4n) is 2.02. The molecule has 0 aliphatic carbocycles. The van der Waals surface area contributed by atoms with E-state index in [9.17, 15) is 13.6 Å². The zero-order chi connectivity index (χ0) is 13.8. The van der Waals surface area contributed by atoms with E-state index in [4.69, 9.17) is 0 Å². The molecule has 1 aromatic heterocycles. The van der Waals surface area contributed by atoms with Crippen molar-refractivity contribution in [1.82, 2.24) is 15.2 Å². The van der Waals surface area contributed by atoms with Gasteiger partial charge in [0.2, 0.25) is 0 Å². The summed E-state index contributed by atoms with van der Waals surface area (Å²) in [6.45, 7) is 3.85. The molecular weight excluding hydrogens is 308 g/mol. The van der Waals surface area contributed by atoms with Crippen LogP contribution < -0.4 is 5.32 Å². The highest BCUT2D eigenvalue weighted by atomic mass is 35.5. The van der Waals surface area contributed by atoms with Crippen molar-refractivity contribution in [2.75, 3.05) is 19.6 Å². The fraction of sp³-hybridized carbons (Fsp3) is 0.500. The van der Waals surface area contributed by atoms with Crippen LogP contribution in [-0.2, 0) is 0 Å². The molecule has 1 fully saturated rings. The van der Waals surface area contributed by atoms with E-state index in [1.807, 2.05) is 6.92 Å². The molecular formula is C12H16ClF2N3OS. The second-order valence-electron chi connectivity index (χ2n) is 4.34. The van der Waals surface area contributed by atoms with E-state index in [1.165, 1.54) is 6.20 Å². The molecule has 0 aromatic carbocycles. The number of pyridine rings is 1. The summed E-state index contributed by atoms with van der Waals surface area (Å²) >= 11 is 0.311. The van der Waals surface area contributed by atoms with E-state index in [0.29, 0.717) is 31.4 Å². The van der Waals surface area contributed by atoms with Crippen molar-refractivity contribution in [3.63, 3.8) is 0 Å². The molecule has 20 heavy (non-hydrogen) atoms. The Kier molecular flexibility index (Phi) is 6.64. The Hall–Kier alpha value is -0.920. The summed E-state index contributed by atoms with van der Waals surface area (Å²) in [7, 11) is 0. The molecule has 0 saturated carbocycles. The van der Waals surface area contributed by atoms with Gasteiger partial charge in [0.05, 0.1) is 5.56 Å². The van der Waals surface area contributed by atoms with E-state index in [1.54, 1.807) is 17.0 Å².